The third-order valence-corrected chi connectivity index (χ3v) is 7.96. The zero-order chi connectivity index (χ0) is 18.2. The van der Waals surface area contributed by atoms with Gasteiger partial charge in [0, 0.05) is 6.10 Å². The van der Waals surface area contributed by atoms with Crippen LogP contribution in [0.3, 0.4) is 0 Å². The van der Waals surface area contributed by atoms with Gasteiger partial charge in [-0.25, -0.2) is 0 Å². The minimum Gasteiger partial charge on any atom is -0.415 e. The maximum absolute atomic E-state index is 6.42. The van der Waals surface area contributed by atoms with Crippen molar-refractivity contribution >= 4 is 15.4 Å². The molecule has 3 nitrogen and oxygen atoms in total. The molecule has 138 valence electrons. The van der Waals surface area contributed by atoms with Crippen molar-refractivity contribution in [2.75, 3.05) is 0 Å². The maximum atomic E-state index is 6.42. The summed E-state index contributed by atoms with van der Waals surface area (Å²) in [5.74, 6) is 0. The van der Waals surface area contributed by atoms with E-state index in [4.69, 9.17) is 13.7 Å². The summed E-state index contributed by atoms with van der Waals surface area (Å²) in [7, 11) is -1.99. The Morgan fingerprint density at radius 3 is 2.00 bits per heavy atom. The topological polar surface area (TPSA) is 27.7 Å². The monoisotopic (exact) mass is 352 g/mol. The van der Waals surface area contributed by atoms with E-state index in [0.29, 0.717) is 0 Å². The lowest BCUT2D eigenvalue weighted by molar-refractivity contribution is 0.00578. The Morgan fingerprint density at radius 2 is 1.54 bits per heavy atom. The average molecular weight is 352 g/mol. The normalized spacial score (nSPS) is 23.9. The van der Waals surface area contributed by atoms with Gasteiger partial charge in [-0.2, -0.15) is 0 Å². The minimum atomic E-state index is -1.79. The molecule has 0 N–H and O–H groups in total. The van der Waals surface area contributed by atoms with E-state index >= 15 is 0 Å². The van der Waals surface area contributed by atoms with E-state index in [1.165, 1.54) is 37.6 Å². The summed E-state index contributed by atoms with van der Waals surface area (Å²) < 4.78 is 19.1. The van der Waals surface area contributed by atoms with Crippen molar-refractivity contribution in [1.82, 2.24) is 0 Å². The summed E-state index contributed by atoms with van der Waals surface area (Å²) >= 11 is 0. The summed E-state index contributed by atoms with van der Waals surface area (Å²) in [5, 5.41) is 0. The Morgan fingerprint density at radius 1 is 1.04 bits per heavy atom. The Balaban J connectivity index is 2.28. The van der Waals surface area contributed by atoms with Crippen molar-refractivity contribution in [3.63, 3.8) is 0 Å². The quantitative estimate of drug-likeness (QED) is 0.611. The SMILES string of the molecule is CC(C)O[Si](C)(C)CC(B1OC(C)(C)C(C)(C)O1)=C1CCCCC1. The van der Waals surface area contributed by atoms with Crippen LogP contribution in [0, 0.1) is 0 Å². The summed E-state index contributed by atoms with van der Waals surface area (Å²) in [6.07, 6.45) is 6.62. The molecule has 24 heavy (non-hydrogen) atoms. The van der Waals surface area contributed by atoms with Crippen LogP contribution in [0.25, 0.3) is 0 Å². The molecule has 2 aliphatic rings. The van der Waals surface area contributed by atoms with Crippen molar-refractivity contribution < 1.29 is 13.7 Å². The molecule has 0 spiro atoms. The highest BCUT2D eigenvalue weighted by molar-refractivity contribution is 6.74. The molecule has 0 aromatic heterocycles. The highest BCUT2D eigenvalue weighted by atomic mass is 28.4. The second-order valence-electron chi connectivity index (χ2n) is 9.38. The van der Waals surface area contributed by atoms with Gasteiger partial charge in [-0.15, -0.1) is 0 Å². The Labute approximate surface area is 150 Å². The summed E-state index contributed by atoms with van der Waals surface area (Å²) in [6.45, 7) is 17.5. The third kappa shape index (κ3) is 4.75. The first-order chi connectivity index (χ1) is 10.9. The van der Waals surface area contributed by atoms with E-state index in [-0.39, 0.29) is 24.4 Å². The van der Waals surface area contributed by atoms with Crippen molar-refractivity contribution in [2.24, 2.45) is 0 Å². The Bertz CT molecular complexity index is 459. The van der Waals surface area contributed by atoms with Gasteiger partial charge >= 0.3 is 7.12 Å². The fourth-order valence-corrected chi connectivity index (χ4v) is 6.49. The van der Waals surface area contributed by atoms with Crippen LogP contribution in [0.1, 0.15) is 73.6 Å². The number of allylic oxidation sites excluding steroid dienone is 2. The first-order valence-corrected chi connectivity index (χ1v) is 12.8. The zero-order valence-electron chi connectivity index (χ0n) is 17.1. The van der Waals surface area contributed by atoms with E-state index in [1.54, 1.807) is 5.57 Å². The molecule has 1 aliphatic heterocycles. The molecule has 0 amide bonds. The predicted octanol–water partition coefficient (Wildman–Crippen LogP) is 5.51. The van der Waals surface area contributed by atoms with Crippen LogP contribution < -0.4 is 0 Å². The largest absolute Gasteiger partial charge is 0.490 e. The standard InChI is InChI=1S/C19H37BO3Si/c1-15(2)21-24(7,8)14-17(16-12-10-9-11-13-16)20-22-18(3,4)19(5,6)23-20/h15H,9-14H2,1-8H3. The molecule has 1 heterocycles. The van der Waals surface area contributed by atoms with Gasteiger partial charge in [-0.05, 0) is 91.8 Å². The van der Waals surface area contributed by atoms with Crippen molar-refractivity contribution in [3.05, 3.63) is 11.0 Å². The Kier molecular flexibility index (Phi) is 6.11. The van der Waals surface area contributed by atoms with Gasteiger partial charge < -0.3 is 13.7 Å². The van der Waals surface area contributed by atoms with Crippen molar-refractivity contribution in [3.8, 4) is 0 Å². The van der Waals surface area contributed by atoms with Gasteiger partial charge in [0.2, 0.25) is 0 Å². The molecule has 1 aliphatic carbocycles. The lowest BCUT2D eigenvalue weighted by Crippen LogP contribution is -2.41. The third-order valence-electron chi connectivity index (χ3n) is 5.62. The fraction of sp³-hybridized carbons (Fsp3) is 0.895. The molecule has 2 rings (SSSR count). The first kappa shape index (κ1) is 20.2. The van der Waals surface area contributed by atoms with Crippen LogP contribution in [-0.4, -0.2) is 32.7 Å². The number of hydrogen-bond acceptors (Lipinski definition) is 3. The number of hydrogen-bond donors (Lipinski definition) is 0. The van der Waals surface area contributed by atoms with E-state index in [2.05, 4.69) is 54.6 Å². The second kappa shape index (κ2) is 7.26. The van der Waals surface area contributed by atoms with Crippen LogP contribution in [-0.2, 0) is 13.7 Å². The molecule has 1 saturated heterocycles. The molecule has 2 fully saturated rings. The first-order valence-electron chi connectivity index (χ1n) is 9.68. The van der Waals surface area contributed by atoms with Crippen molar-refractivity contribution in [2.45, 2.75) is 110 Å². The van der Waals surface area contributed by atoms with Gasteiger partial charge in [0.15, 0.2) is 8.32 Å². The van der Waals surface area contributed by atoms with Gasteiger partial charge in [0.1, 0.15) is 0 Å². The predicted molar refractivity (Wildman–Crippen MR) is 105 cm³/mol. The van der Waals surface area contributed by atoms with Crippen LogP contribution in [0.2, 0.25) is 19.1 Å². The van der Waals surface area contributed by atoms with E-state index in [9.17, 15) is 0 Å². The van der Waals surface area contributed by atoms with Gasteiger partial charge in [-0.3, -0.25) is 0 Å². The molecule has 0 radical (unpaired) electrons. The average Bonchev–Trinajstić information content (AvgIpc) is 2.64. The smallest absolute Gasteiger partial charge is 0.415 e. The molecular formula is C19H37BO3Si. The Hall–Kier alpha value is -0.0982. The fourth-order valence-electron chi connectivity index (χ4n) is 3.80. The summed E-state index contributed by atoms with van der Waals surface area (Å²) in [5.41, 5.74) is 2.42. The van der Waals surface area contributed by atoms with E-state index in [0.717, 1.165) is 6.04 Å². The van der Waals surface area contributed by atoms with Gasteiger partial charge in [0.05, 0.1) is 11.2 Å². The highest BCUT2D eigenvalue weighted by Crippen LogP contribution is 2.42. The van der Waals surface area contributed by atoms with Crippen LogP contribution in [0.4, 0.5) is 0 Å². The van der Waals surface area contributed by atoms with Crippen LogP contribution >= 0.6 is 0 Å². The molecular weight excluding hydrogens is 315 g/mol. The minimum absolute atomic E-state index is 0.203. The molecule has 0 bridgehead atoms. The van der Waals surface area contributed by atoms with E-state index < -0.39 is 8.32 Å². The molecule has 5 heteroatoms. The molecule has 0 atom stereocenters. The van der Waals surface area contributed by atoms with Crippen LogP contribution in [0.15, 0.2) is 11.0 Å². The molecule has 0 aromatic rings. The summed E-state index contributed by atoms with van der Waals surface area (Å²) in [4.78, 5) is 0. The highest BCUT2D eigenvalue weighted by Gasteiger charge is 2.53. The van der Waals surface area contributed by atoms with E-state index in [1.807, 2.05) is 0 Å². The molecule has 1 saturated carbocycles. The van der Waals surface area contributed by atoms with Gasteiger partial charge in [-0.1, -0.05) is 12.0 Å². The molecule has 0 aromatic carbocycles. The maximum Gasteiger partial charge on any atom is 0.490 e. The zero-order valence-corrected chi connectivity index (χ0v) is 18.1. The lowest BCUT2D eigenvalue weighted by Gasteiger charge is -2.32. The lowest BCUT2D eigenvalue weighted by atomic mass is 9.73. The molecule has 0 unspecified atom stereocenters. The second-order valence-corrected chi connectivity index (χ2v) is 13.5. The van der Waals surface area contributed by atoms with Crippen LogP contribution in [0.5, 0.6) is 0 Å². The number of rotatable bonds is 5. The van der Waals surface area contributed by atoms with Crippen molar-refractivity contribution in [1.29, 1.82) is 0 Å². The van der Waals surface area contributed by atoms with Gasteiger partial charge in [0.25, 0.3) is 0 Å². The summed E-state index contributed by atoms with van der Waals surface area (Å²) in [6, 6.07) is 1.01.